The summed E-state index contributed by atoms with van der Waals surface area (Å²) in [4.78, 5) is 11.2. The molecular weight excluding hydrogens is 242 g/mol. The van der Waals surface area contributed by atoms with Crippen molar-refractivity contribution in [2.75, 3.05) is 5.32 Å². The number of H-pyrrole nitrogens is 1. The van der Waals surface area contributed by atoms with Crippen LogP contribution < -0.4 is 10.9 Å². The van der Waals surface area contributed by atoms with Crippen molar-refractivity contribution in [1.82, 2.24) is 10.2 Å². The van der Waals surface area contributed by atoms with Crippen molar-refractivity contribution >= 4 is 17.3 Å². The van der Waals surface area contributed by atoms with Crippen LogP contribution in [0.2, 0.25) is 5.02 Å². The van der Waals surface area contributed by atoms with Crippen LogP contribution in [-0.4, -0.2) is 16.2 Å². The highest BCUT2D eigenvalue weighted by Gasteiger charge is 2.10. The highest BCUT2D eigenvalue weighted by Crippen LogP contribution is 2.16. The molecule has 6 heteroatoms. The summed E-state index contributed by atoms with van der Waals surface area (Å²) < 4.78 is 5.24. The highest BCUT2D eigenvalue weighted by atomic mass is 35.5. The van der Waals surface area contributed by atoms with Gasteiger partial charge in [0, 0.05) is 12.5 Å². The molecule has 0 amide bonds. The van der Waals surface area contributed by atoms with Crippen LogP contribution in [0.4, 0.5) is 5.69 Å². The number of anilines is 1. The third-order valence-electron chi connectivity index (χ3n) is 2.28. The fourth-order valence-corrected chi connectivity index (χ4v) is 1.68. The highest BCUT2D eigenvalue weighted by molar-refractivity contribution is 6.32. The van der Waals surface area contributed by atoms with Gasteiger partial charge in [0.05, 0.1) is 18.1 Å². The van der Waals surface area contributed by atoms with Gasteiger partial charge in [0.1, 0.15) is 10.8 Å². The van der Waals surface area contributed by atoms with Gasteiger partial charge in [0.25, 0.3) is 5.56 Å². The fourth-order valence-electron chi connectivity index (χ4n) is 1.53. The smallest absolute Gasteiger partial charge is 0.285 e. The van der Waals surface area contributed by atoms with E-state index < -0.39 is 5.56 Å². The molecule has 0 aliphatic rings. The van der Waals surface area contributed by atoms with Gasteiger partial charge in [-0.05, 0) is 19.1 Å². The second-order valence-electron chi connectivity index (χ2n) is 3.76. The van der Waals surface area contributed by atoms with E-state index in [2.05, 4.69) is 15.5 Å². The first kappa shape index (κ1) is 11.7. The normalized spacial score (nSPS) is 12.4. The molecule has 90 valence electrons. The van der Waals surface area contributed by atoms with Crippen molar-refractivity contribution in [3.63, 3.8) is 0 Å². The lowest BCUT2D eigenvalue weighted by Crippen LogP contribution is -2.20. The minimum atomic E-state index is -0.401. The average molecular weight is 254 g/mol. The zero-order valence-electron chi connectivity index (χ0n) is 9.24. The van der Waals surface area contributed by atoms with E-state index >= 15 is 0 Å². The van der Waals surface area contributed by atoms with Crippen LogP contribution in [0, 0.1) is 0 Å². The lowest BCUT2D eigenvalue weighted by atomic mass is 10.2. The quantitative estimate of drug-likeness (QED) is 0.875. The second kappa shape index (κ2) is 5.05. The average Bonchev–Trinajstić information content (AvgIpc) is 2.77. The maximum Gasteiger partial charge on any atom is 0.285 e. The summed E-state index contributed by atoms with van der Waals surface area (Å²) in [5.74, 6) is 0.874. The molecule has 0 aliphatic heterocycles. The van der Waals surface area contributed by atoms with E-state index in [0.717, 1.165) is 5.76 Å². The third kappa shape index (κ3) is 2.88. The van der Waals surface area contributed by atoms with Gasteiger partial charge in [-0.15, -0.1) is 0 Å². The maximum absolute atomic E-state index is 11.2. The minimum Gasteiger partial charge on any atom is -0.469 e. The molecule has 0 bridgehead atoms. The van der Waals surface area contributed by atoms with Crippen LogP contribution in [0.3, 0.4) is 0 Å². The van der Waals surface area contributed by atoms with E-state index in [-0.39, 0.29) is 11.1 Å². The molecular formula is C11H12ClN3O2. The molecule has 2 N–H and O–H groups in total. The van der Waals surface area contributed by atoms with Crippen LogP contribution in [-0.2, 0) is 6.42 Å². The molecule has 0 radical (unpaired) electrons. The number of furan rings is 1. The predicted molar refractivity (Wildman–Crippen MR) is 65.4 cm³/mol. The Balaban J connectivity index is 2.05. The molecule has 0 saturated carbocycles. The van der Waals surface area contributed by atoms with Crippen molar-refractivity contribution in [3.05, 3.63) is 45.7 Å². The monoisotopic (exact) mass is 253 g/mol. The van der Waals surface area contributed by atoms with E-state index in [1.807, 2.05) is 19.1 Å². The van der Waals surface area contributed by atoms with Gasteiger partial charge >= 0.3 is 0 Å². The third-order valence-corrected chi connectivity index (χ3v) is 2.66. The number of nitrogens with zero attached hydrogens (tertiary/aromatic N) is 1. The molecule has 1 atom stereocenters. The molecule has 0 fully saturated rings. The van der Waals surface area contributed by atoms with E-state index in [1.165, 1.54) is 6.20 Å². The number of nitrogens with one attached hydrogen (secondary N) is 2. The Labute approximate surface area is 103 Å². The summed E-state index contributed by atoms with van der Waals surface area (Å²) in [6.45, 7) is 1.97. The molecule has 0 aliphatic carbocycles. The minimum absolute atomic E-state index is 0.0854. The topological polar surface area (TPSA) is 70.9 Å². The zero-order valence-corrected chi connectivity index (χ0v) is 9.99. The Morgan fingerprint density at radius 3 is 3.18 bits per heavy atom. The lowest BCUT2D eigenvalue weighted by molar-refractivity contribution is 0.497. The van der Waals surface area contributed by atoms with Gasteiger partial charge in [-0.2, -0.15) is 5.10 Å². The van der Waals surface area contributed by atoms with Gasteiger partial charge in [-0.25, -0.2) is 5.10 Å². The van der Waals surface area contributed by atoms with Gasteiger partial charge in [0.2, 0.25) is 0 Å². The molecule has 1 unspecified atom stereocenters. The molecule has 0 aromatic carbocycles. The second-order valence-corrected chi connectivity index (χ2v) is 4.13. The Bertz CT molecular complexity index is 536. The van der Waals surface area contributed by atoms with Crippen LogP contribution in [0.1, 0.15) is 12.7 Å². The largest absolute Gasteiger partial charge is 0.469 e. The Kier molecular flexibility index (Phi) is 3.49. The van der Waals surface area contributed by atoms with Crippen LogP contribution in [0.5, 0.6) is 0 Å². The Morgan fingerprint density at radius 2 is 2.47 bits per heavy atom. The standard InChI is InChI=1S/C11H12ClN3O2/c1-7(5-8-3-2-4-17-8)14-9-6-13-15-11(16)10(9)12/h2-4,6-7H,5H2,1H3,(H2,14,15,16). The molecule has 2 aromatic rings. The number of hydrogen-bond donors (Lipinski definition) is 2. The number of aromatic amines is 1. The van der Waals surface area contributed by atoms with Gasteiger partial charge in [-0.3, -0.25) is 4.79 Å². The van der Waals surface area contributed by atoms with Crippen LogP contribution in [0.25, 0.3) is 0 Å². The summed E-state index contributed by atoms with van der Waals surface area (Å²) in [5, 5.41) is 9.18. The van der Waals surface area contributed by atoms with E-state index in [9.17, 15) is 4.79 Å². The first-order chi connectivity index (χ1) is 8.16. The summed E-state index contributed by atoms with van der Waals surface area (Å²) in [6, 6.07) is 3.82. The maximum atomic E-state index is 11.2. The molecule has 0 spiro atoms. The van der Waals surface area contributed by atoms with Gasteiger partial charge < -0.3 is 9.73 Å². The van der Waals surface area contributed by atoms with Crippen molar-refractivity contribution in [2.24, 2.45) is 0 Å². The molecule has 2 heterocycles. The van der Waals surface area contributed by atoms with Gasteiger partial charge in [-0.1, -0.05) is 11.6 Å². The molecule has 0 saturated heterocycles. The Hall–Kier alpha value is -1.75. The number of aromatic nitrogens is 2. The molecule has 5 nitrogen and oxygen atoms in total. The van der Waals surface area contributed by atoms with E-state index in [4.69, 9.17) is 16.0 Å². The Morgan fingerprint density at radius 1 is 1.65 bits per heavy atom. The molecule has 17 heavy (non-hydrogen) atoms. The van der Waals surface area contributed by atoms with Crippen molar-refractivity contribution < 1.29 is 4.42 Å². The lowest BCUT2D eigenvalue weighted by Gasteiger charge is -2.14. The number of rotatable bonds is 4. The molecule has 2 rings (SSSR count). The fraction of sp³-hybridized carbons (Fsp3) is 0.273. The van der Waals surface area contributed by atoms with E-state index in [1.54, 1.807) is 6.26 Å². The van der Waals surface area contributed by atoms with Crippen molar-refractivity contribution in [2.45, 2.75) is 19.4 Å². The van der Waals surface area contributed by atoms with Crippen molar-refractivity contribution in [3.8, 4) is 0 Å². The predicted octanol–water partition coefficient (Wildman–Crippen LogP) is 2.06. The van der Waals surface area contributed by atoms with E-state index in [0.29, 0.717) is 12.1 Å². The van der Waals surface area contributed by atoms with Crippen LogP contribution in [0.15, 0.2) is 33.8 Å². The van der Waals surface area contributed by atoms with Crippen molar-refractivity contribution in [1.29, 1.82) is 0 Å². The summed E-state index contributed by atoms with van der Waals surface area (Å²) in [5.41, 5.74) is 0.122. The SMILES string of the molecule is CC(Cc1ccco1)Nc1cn[nH]c(=O)c1Cl. The number of hydrogen-bond acceptors (Lipinski definition) is 4. The van der Waals surface area contributed by atoms with Crippen LogP contribution >= 0.6 is 11.6 Å². The number of halogens is 1. The summed E-state index contributed by atoms with van der Waals surface area (Å²) in [6.07, 6.45) is 3.82. The summed E-state index contributed by atoms with van der Waals surface area (Å²) >= 11 is 5.85. The van der Waals surface area contributed by atoms with Gasteiger partial charge in [0.15, 0.2) is 0 Å². The zero-order chi connectivity index (χ0) is 12.3. The first-order valence-electron chi connectivity index (χ1n) is 5.19. The first-order valence-corrected chi connectivity index (χ1v) is 5.56. The molecule has 2 aromatic heterocycles. The summed E-state index contributed by atoms with van der Waals surface area (Å²) in [7, 11) is 0.